The topological polar surface area (TPSA) is 33.3 Å². The fourth-order valence-electron chi connectivity index (χ4n) is 2.19. The highest BCUT2D eigenvalue weighted by Gasteiger charge is 2.25. The molecule has 0 saturated carbocycles. The monoisotopic (exact) mass is 228 g/mol. The van der Waals surface area contributed by atoms with E-state index < -0.39 is 0 Å². The third-order valence-corrected chi connectivity index (χ3v) is 3.11. The molecule has 0 spiro atoms. The SMILES string of the molecule is CCC1OCCC1CNCCNC(C)(C)C. The van der Waals surface area contributed by atoms with E-state index in [9.17, 15) is 0 Å². The van der Waals surface area contributed by atoms with Crippen molar-refractivity contribution in [3.05, 3.63) is 0 Å². The Labute approximate surface area is 100 Å². The lowest BCUT2D eigenvalue weighted by Gasteiger charge is -2.21. The first kappa shape index (κ1) is 13.9. The average Bonchev–Trinajstić information content (AvgIpc) is 2.63. The molecule has 3 nitrogen and oxygen atoms in total. The minimum absolute atomic E-state index is 0.226. The number of nitrogens with one attached hydrogen (secondary N) is 2. The largest absolute Gasteiger partial charge is 0.378 e. The summed E-state index contributed by atoms with van der Waals surface area (Å²) in [5.74, 6) is 0.722. The van der Waals surface area contributed by atoms with E-state index in [0.29, 0.717) is 6.10 Å². The first-order valence-corrected chi connectivity index (χ1v) is 6.60. The van der Waals surface area contributed by atoms with Gasteiger partial charge in [0.1, 0.15) is 0 Å². The van der Waals surface area contributed by atoms with Crippen LogP contribution in [0.3, 0.4) is 0 Å². The molecule has 2 atom stereocenters. The van der Waals surface area contributed by atoms with Gasteiger partial charge in [-0.3, -0.25) is 0 Å². The van der Waals surface area contributed by atoms with Crippen LogP contribution in [0.2, 0.25) is 0 Å². The van der Waals surface area contributed by atoms with E-state index in [0.717, 1.165) is 38.6 Å². The molecule has 1 heterocycles. The van der Waals surface area contributed by atoms with Crippen LogP contribution in [0.25, 0.3) is 0 Å². The minimum atomic E-state index is 0.226. The van der Waals surface area contributed by atoms with Gasteiger partial charge >= 0.3 is 0 Å². The summed E-state index contributed by atoms with van der Waals surface area (Å²) in [6.45, 7) is 12.9. The van der Waals surface area contributed by atoms with E-state index in [2.05, 4.69) is 38.3 Å². The van der Waals surface area contributed by atoms with Crippen LogP contribution >= 0.6 is 0 Å². The van der Waals surface area contributed by atoms with E-state index in [1.165, 1.54) is 6.42 Å². The summed E-state index contributed by atoms with van der Waals surface area (Å²) in [6, 6.07) is 0. The van der Waals surface area contributed by atoms with E-state index in [1.807, 2.05) is 0 Å². The van der Waals surface area contributed by atoms with E-state index in [-0.39, 0.29) is 5.54 Å². The Morgan fingerprint density at radius 3 is 2.62 bits per heavy atom. The zero-order valence-corrected chi connectivity index (χ0v) is 11.3. The molecule has 1 aliphatic heterocycles. The predicted octanol–water partition coefficient (Wildman–Crippen LogP) is 1.78. The van der Waals surface area contributed by atoms with Crippen molar-refractivity contribution in [1.29, 1.82) is 0 Å². The van der Waals surface area contributed by atoms with Gasteiger partial charge in [-0.1, -0.05) is 6.92 Å². The standard InChI is InChI=1S/C13H28N2O/c1-5-12-11(6-9-16-12)10-14-7-8-15-13(2,3)4/h11-12,14-15H,5-10H2,1-4H3. The van der Waals surface area contributed by atoms with Crippen LogP contribution in [0.15, 0.2) is 0 Å². The number of hydrogen-bond acceptors (Lipinski definition) is 3. The molecule has 2 N–H and O–H groups in total. The summed E-state index contributed by atoms with van der Waals surface area (Å²) in [5, 5.41) is 7.00. The molecule has 0 aromatic carbocycles. The number of hydrogen-bond donors (Lipinski definition) is 2. The molecule has 2 unspecified atom stereocenters. The van der Waals surface area contributed by atoms with Crippen LogP contribution in [0, 0.1) is 5.92 Å². The quantitative estimate of drug-likeness (QED) is 0.680. The van der Waals surface area contributed by atoms with Crippen molar-refractivity contribution >= 4 is 0 Å². The highest BCUT2D eigenvalue weighted by molar-refractivity contribution is 4.77. The summed E-state index contributed by atoms with van der Waals surface area (Å²) in [7, 11) is 0. The molecule has 0 aliphatic carbocycles. The molecule has 16 heavy (non-hydrogen) atoms. The van der Waals surface area contributed by atoms with Gasteiger partial charge in [0, 0.05) is 31.8 Å². The van der Waals surface area contributed by atoms with Crippen LogP contribution in [0.5, 0.6) is 0 Å². The third-order valence-electron chi connectivity index (χ3n) is 3.11. The van der Waals surface area contributed by atoms with E-state index in [1.54, 1.807) is 0 Å². The summed E-state index contributed by atoms with van der Waals surface area (Å²) in [6.07, 6.45) is 2.85. The highest BCUT2D eigenvalue weighted by Crippen LogP contribution is 2.22. The summed E-state index contributed by atoms with van der Waals surface area (Å²) in [4.78, 5) is 0. The molecule has 0 bridgehead atoms. The van der Waals surface area contributed by atoms with E-state index in [4.69, 9.17) is 4.74 Å². The number of rotatable bonds is 6. The molecule has 1 saturated heterocycles. The maximum Gasteiger partial charge on any atom is 0.0613 e. The van der Waals surface area contributed by atoms with Gasteiger partial charge in [-0.05, 0) is 39.5 Å². The first-order valence-electron chi connectivity index (χ1n) is 6.60. The minimum Gasteiger partial charge on any atom is -0.378 e. The molecule has 3 heteroatoms. The molecule has 0 aromatic heterocycles. The molecule has 1 fully saturated rings. The highest BCUT2D eigenvalue weighted by atomic mass is 16.5. The fourth-order valence-corrected chi connectivity index (χ4v) is 2.19. The normalized spacial score (nSPS) is 26.2. The van der Waals surface area contributed by atoms with Gasteiger partial charge in [0.25, 0.3) is 0 Å². The van der Waals surface area contributed by atoms with Gasteiger partial charge in [-0.25, -0.2) is 0 Å². The second kappa shape index (κ2) is 6.58. The Bertz CT molecular complexity index is 189. The van der Waals surface area contributed by atoms with Gasteiger partial charge in [-0.2, -0.15) is 0 Å². The maximum absolute atomic E-state index is 5.67. The second-order valence-corrected chi connectivity index (χ2v) is 5.75. The molecule has 1 rings (SSSR count). The Morgan fingerprint density at radius 1 is 1.25 bits per heavy atom. The number of ether oxygens (including phenoxy) is 1. The van der Waals surface area contributed by atoms with Crippen LogP contribution in [-0.2, 0) is 4.74 Å². The zero-order valence-electron chi connectivity index (χ0n) is 11.3. The van der Waals surface area contributed by atoms with Crippen molar-refractivity contribution in [3.8, 4) is 0 Å². The maximum atomic E-state index is 5.67. The van der Waals surface area contributed by atoms with Crippen LogP contribution in [0.4, 0.5) is 0 Å². The molecular formula is C13H28N2O. The zero-order chi connectivity index (χ0) is 12.0. The van der Waals surface area contributed by atoms with Crippen molar-refractivity contribution in [2.75, 3.05) is 26.2 Å². The molecule has 1 aliphatic rings. The van der Waals surface area contributed by atoms with E-state index >= 15 is 0 Å². The molecule has 0 amide bonds. The second-order valence-electron chi connectivity index (χ2n) is 5.75. The molecule has 96 valence electrons. The Balaban J connectivity index is 2.03. The van der Waals surface area contributed by atoms with Gasteiger partial charge < -0.3 is 15.4 Å². The molecule has 0 aromatic rings. The smallest absolute Gasteiger partial charge is 0.0613 e. The van der Waals surface area contributed by atoms with Gasteiger partial charge in [0.05, 0.1) is 6.10 Å². The van der Waals surface area contributed by atoms with Crippen LogP contribution in [0.1, 0.15) is 40.5 Å². The fraction of sp³-hybridized carbons (Fsp3) is 1.00. The van der Waals surface area contributed by atoms with Crippen molar-refractivity contribution in [2.24, 2.45) is 5.92 Å². The van der Waals surface area contributed by atoms with Gasteiger partial charge in [0.15, 0.2) is 0 Å². The molecule has 0 radical (unpaired) electrons. The Morgan fingerprint density at radius 2 is 2.00 bits per heavy atom. The molecular weight excluding hydrogens is 200 g/mol. The lowest BCUT2D eigenvalue weighted by molar-refractivity contribution is 0.0873. The summed E-state index contributed by atoms with van der Waals surface area (Å²) < 4.78 is 5.67. The lowest BCUT2D eigenvalue weighted by atomic mass is 10.00. The van der Waals surface area contributed by atoms with Crippen molar-refractivity contribution in [1.82, 2.24) is 10.6 Å². The van der Waals surface area contributed by atoms with Crippen LogP contribution in [-0.4, -0.2) is 37.9 Å². The Kier molecular flexibility index (Phi) is 5.73. The average molecular weight is 228 g/mol. The summed E-state index contributed by atoms with van der Waals surface area (Å²) >= 11 is 0. The first-order chi connectivity index (χ1) is 7.53. The lowest BCUT2D eigenvalue weighted by Crippen LogP contribution is -2.41. The van der Waals surface area contributed by atoms with Crippen molar-refractivity contribution in [3.63, 3.8) is 0 Å². The summed E-state index contributed by atoms with van der Waals surface area (Å²) in [5.41, 5.74) is 0.226. The Hall–Kier alpha value is -0.120. The van der Waals surface area contributed by atoms with Gasteiger partial charge in [-0.15, -0.1) is 0 Å². The van der Waals surface area contributed by atoms with Crippen LogP contribution < -0.4 is 10.6 Å². The van der Waals surface area contributed by atoms with Gasteiger partial charge in [0.2, 0.25) is 0 Å². The third kappa shape index (κ3) is 5.28. The van der Waals surface area contributed by atoms with Crippen molar-refractivity contribution in [2.45, 2.75) is 52.2 Å². The van der Waals surface area contributed by atoms with Crippen molar-refractivity contribution < 1.29 is 4.74 Å². The predicted molar refractivity (Wildman–Crippen MR) is 68.8 cm³/mol.